The molecule has 0 atom stereocenters. The molecule has 5 heteroatoms. The van der Waals surface area contributed by atoms with Gasteiger partial charge in [-0.3, -0.25) is 9.59 Å². The zero-order valence-electron chi connectivity index (χ0n) is 13.9. The SMILES string of the molecule is Cc1cccc2c(CCC(=O)NCCC(C)(C)C(=O)O)c[nH]c12. The number of hydrogen-bond acceptors (Lipinski definition) is 2. The van der Waals surface area contributed by atoms with E-state index in [9.17, 15) is 9.59 Å². The molecule has 0 aliphatic carbocycles. The Morgan fingerprint density at radius 2 is 2.04 bits per heavy atom. The Morgan fingerprint density at radius 1 is 1.30 bits per heavy atom. The van der Waals surface area contributed by atoms with Crippen molar-refractivity contribution in [2.75, 3.05) is 6.54 Å². The fourth-order valence-corrected chi connectivity index (χ4v) is 2.53. The van der Waals surface area contributed by atoms with Gasteiger partial charge in [0.1, 0.15) is 0 Å². The number of nitrogens with one attached hydrogen (secondary N) is 2. The maximum atomic E-state index is 11.9. The first kappa shape index (κ1) is 17.1. The minimum absolute atomic E-state index is 0.0480. The molecule has 0 aliphatic heterocycles. The normalized spacial score (nSPS) is 11.6. The molecule has 124 valence electrons. The summed E-state index contributed by atoms with van der Waals surface area (Å²) in [7, 11) is 0. The summed E-state index contributed by atoms with van der Waals surface area (Å²) in [6, 6.07) is 6.13. The zero-order valence-corrected chi connectivity index (χ0v) is 13.9. The van der Waals surface area contributed by atoms with E-state index >= 15 is 0 Å². The van der Waals surface area contributed by atoms with Gasteiger partial charge in [-0.05, 0) is 44.7 Å². The summed E-state index contributed by atoms with van der Waals surface area (Å²) in [5, 5.41) is 13.0. The summed E-state index contributed by atoms with van der Waals surface area (Å²) in [6.45, 7) is 5.76. The highest BCUT2D eigenvalue weighted by atomic mass is 16.4. The van der Waals surface area contributed by atoms with Crippen LogP contribution in [0.4, 0.5) is 0 Å². The summed E-state index contributed by atoms with van der Waals surface area (Å²) < 4.78 is 0. The number of hydrogen-bond donors (Lipinski definition) is 3. The van der Waals surface area contributed by atoms with Crippen LogP contribution in [-0.2, 0) is 16.0 Å². The molecule has 0 saturated heterocycles. The number of H-pyrrole nitrogens is 1. The predicted molar refractivity (Wildman–Crippen MR) is 90.4 cm³/mol. The first-order chi connectivity index (χ1) is 10.8. The Kier molecular flexibility index (Phi) is 5.08. The number of carbonyl (C=O) groups is 2. The average molecular weight is 316 g/mol. The smallest absolute Gasteiger partial charge is 0.309 e. The molecule has 1 aromatic heterocycles. The number of carboxylic acid groups (broad SMARTS) is 1. The van der Waals surface area contributed by atoms with Crippen LogP contribution in [-0.4, -0.2) is 28.5 Å². The van der Waals surface area contributed by atoms with E-state index in [0.717, 1.165) is 16.5 Å². The number of rotatable bonds is 7. The second kappa shape index (κ2) is 6.86. The van der Waals surface area contributed by atoms with Crippen LogP contribution in [0.2, 0.25) is 0 Å². The number of carbonyl (C=O) groups excluding carboxylic acids is 1. The van der Waals surface area contributed by atoms with Crippen LogP contribution in [0.15, 0.2) is 24.4 Å². The molecule has 23 heavy (non-hydrogen) atoms. The summed E-state index contributed by atoms with van der Waals surface area (Å²) in [5.41, 5.74) is 2.62. The lowest BCUT2D eigenvalue weighted by Crippen LogP contribution is -2.32. The van der Waals surface area contributed by atoms with Crippen LogP contribution in [0, 0.1) is 12.3 Å². The monoisotopic (exact) mass is 316 g/mol. The summed E-state index contributed by atoms with van der Waals surface area (Å²) in [6.07, 6.45) is 3.44. The van der Waals surface area contributed by atoms with Gasteiger partial charge in [0.15, 0.2) is 0 Å². The van der Waals surface area contributed by atoms with Gasteiger partial charge in [-0.2, -0.15) is 0 Å². The van der Waals surface area contributed by atoms with E-state index < -0.39 is 11.4 Å². The molecule has 0 saturated carbocycles. The average Bonchev–Trinajstić information content (AvgIpc) is 2.89. The van der Waals surface area contributed by atoms with E-state index in [2.05, 4.69) is 29.4 Å². The predicted octanol–water partition coefficient (Wildman–Crippen LogP) is 3.03. The first-order valence-electron chi connectivity index (χ1n) is 7.87. The van der Waals surface area contributed by atoms with E-state index in [1.54, 1.807) is 13.8 Å². The van der Waals surface area contributed by atoms with Gasteiger partial charge in [0, 0.05) is 30.1 Å². The summed E-state index contributed by atoms with van der Waals surface area (Å²) in [4.78, 5) is 26.2. The number of aliphatic carboxylic acids is 1. The van der Waals surface area contributed by atoms with Crippen molar-refractivity contribution in [1.29, 1.82) is 0 Å². The number of aromatic amines is 1. The molecule has 5 nitrogen and oxygen atoms in total. The van der Waals surface area contributed by atoms with E-state index in [-0.39, 0.29) is 5.91 Å². The van der Waals surface area contributed by atoms with Crippen molar-refractivity contribution < 1.29 is 14.7 Å². The van der Waals surface area contributed by atoms with Gasteiger partial charge in [0.2, 0.25) is 5.91 Å². The maximum absolute atomic E-state index is 11.9. The van der Waals surface area contributed by atoms with Crippen molar-refractivity contribution >= 4 is 22.8 Å². The van der Waals surface area contributed by atoms with Crippen LogP contribution in [0.1, 0.15) is 37.8 Å². The number of carboxylic acids is 1. The second-order valence-electron chi connectivity index (χ2n) is 6.60. The Hall–Kier alpha value is -2.30. The molecular weight excluding hydrogens is 292 g/mol. The van der Waals surface area contributed by atoms with E-state index in [1.165, 1.54) is 5.56 Å². The standard InChI is InChI=1S/C18H24N2O3/c1-12-5-4-6-14-13(11-20-16(12)14)7-8-15(21)19-10-9-18(2,3)17(22)23/h4-6,11,20H,7-10H2,1-3H3,(H,19,21)(H,22,23). The first-order valence-corrected chi connectivity index (χ1v) is 7.87. The third-order valence-corrected chi connectivity index (χ3v) is 4.28. The van der Waals surface area contributed by atoms with Crippen LogP contribution in [0.3, 0.4) is 0 Å². The minimum atomic E-state index is -0.846. The number of aromatic nitrogens is 1. The summed E-state index contributed by atoms with van der Waals surface area (Å²) in [5.74, 6) is -0.894. The molecule has 1 heterocycles. The van der Waals surface area contributed by atoms with Gasteiger partial charge in [0.25, 0.3) is 0 Å². The molecule has 0 aliphatic rings. The van der Waals surface area contributed by atoms with Crippen molar-refractivity contribution in [1.82, 2.24) is 10.3 Å². The van der Waals surface area contributed by atoms with Crippen LogP contribution in [0.5, 0.6) is 0 Å². The third kappa shape index (κ3) is 4.12. The number of fused-ring (bicyclic) bond motifs is 1. The third-order valence-electron chi connectivity index (χ3n) is 4.28. The highest BCUT2D eigenvalue weighted by molar-refractivity contribution is 5.86. The lowest BCUT2D eigenvalue weighted by molar-refractivity contribution is -0.147. The maximum Gasteiger partial charge on any atom is 0.309 e. The lowest BCUT2D eigenvalue weighted by atomic mass is 9.90. The van der Waals surface area contributed by atoms with Gasteiger partial charge in [-0.25, -0.2) is 0 Å². The van der Waals surface area contributed by atoms with E-state index in [4.69, 9.17) is 5.11 Å². The molecule has 1 amide bonds. The van der Waals surface area contributed by atoms with Crippen molar-refractivity contribution in [3.05, 3.63) is 35.5 Å². The molecule has 2 aromatic rings. The Bertz CT molecular complexity index is 716. The Balaban J connectivity index is 1.85. The van der Waals surface area contributed by atoms with E-state index in [0.29, 0.717) is 25.8 Å². The Labute approximate surface area is 136 Å². The molecule has 2 rings (SSSR count). The highest BCUT2D eigenvalue weighted by Crippen LogP contribution is 2.22. The van der Waals surface area contributed by atoms with Gasteiger partial charge < -0.3 is 15.4 Å². The van der Waals surface area contributed by atoms with Gasteiger partial charge >= 0.3 is 5.97 Å². The molecule has 0 radical (unpaired) electrons. The van der Waals surface area contributed by atoms with Crippen molar-refractivity contribution in [3.8, 4) is 0 Å². The second-order valence-corrected chi connectivity index (χ2v) is 6.60. The molecule has 1 aromatic carbocycles. The van der Waals surface area contributed by atoms with Gasteiger partial charge in [0.05, 0.1) is 5.41 Å². The topological polar surface area (TPSA) is 82.2 Å². The molecule has 0 unspecified atom stereocenters. The fraction of sp³-hybridized carbons (Fsp3) is 0.444. The highest BCUT2D eigenvalue weighted by Gasteiger charge is 2.26. The number of amides is 1. The van der Waals surface area contributed by atoms with Crippen molar-refractivity contribution in [2.24, 2.45) is 5.41 Å². The number of aryl methyl sites for hydroxylation is 2. The van der Waals surface area contributed by atoms with E-state index in [1.807, 2.05) is 12.3 Å². The molecular formula is C18H24N2O3. The largest absolute Gasteiger partial charge is 0.481 e. The number of benzene rings is 1. The minimum Gasteiger partial charge on any atom is -0.481 e. The number of para-hydroxylation sites is 1. The van der Waals surface area contributed by atoms with Crippen molar-refractivity contribution in [2.45, 2.75) is 40.0 Å². The lowest BCUT2D eigenvalue weighted by Gasteiger charge is -2.18. The quantitative estimate of drug-likeness (QED) is 0.734. The molecule has 0 fully saturated rings. The van der Waals surface area contributed by atoms with Crippen molar-refractivity contribution in [3.63, 3.8) is 0 Å². The zero-order chi connectivity index (χ0) is 17.0. The van der Waals surface area contributed by atoms with Crippen LogP contribution < -0.4 is 5.32 Å². The summed E-state index contributed by atoms with van der Waals surface area (Å²) >= 11 is 0. The Morgan fingerprint density at radius 3 is 2.74 bits per heavy atom. The molecule has 0 spiro atoms. The fourth-order valence-electron chi connectivity index (χ4n) is 2.53. The van der Waals surface area contributed by atoms with Gasteiger partial charge in [-0.15, -0.1) is 0 Å². The molecule has 3 N–H and O–H groups in total. The van der Waals surface area contributed by atoms with Crippen LogP contribution in [0.25, 0.3) is 10.9 Å². The van der Waals surface area contributed by atoms with Crippen LogP contribution >= 0.6 is 0 Å². The molecule has 0 bridgehead atoms. The van der Waals surface area contributed by atoms with Gasteiger partial charge in [-0.1, -0.05) is 18.2 Å².